The van der Waals surface area contributed by atoms with Gasteiger partial charge in [0.25, 0.3) is 0 Å². The third kappa shape index (κ3) is 13.8. The highest BCUT2D eigenvalue weighted by Gasteiger charge is 2.30. The smallest absolute Gasteiger partial charge is 0.326 e. The van der Waals surface area contributed by atoms with Gasteiger partial charge in [-0.3, -0.25) is 19.4 Å². The lowest BCUT2D eigenvalue weighted by Gasteiger charge is -2.25. The van der Waals surface area contributed by atoms with Gasteiger partial charge < -0.3 is 43.4 Å². The molecule has 3 amide bonds. The normalized spacial score (nSPS) is 13.8. The van der Waals surface area contributed by atoms with Crippen LogP contribution in [0.25, 0.3) is 0 Å². The summed E-state index contributed by atoms with van der Waals surface area (Å²) in [5.41, 5.74) is 17.5. The average molecular weight is 600 g/mol. The Bertz CT molecular complexity index is 992. The first-order valence-corrected chi connectivity index (χ1v) is 15.5. The number of phenols is 1. The van der Waals surface area contributed by atoms with E-state index in [1.165, 1.54) is 35.7 Å². The number of carboxylic acid groups (broad SMARTS) is 1. The lowest BCUT2D eigenvalue weighted by Crippen LogP contribution is -2.57. The third-order valence-electron chi connectivity index (χ3n) is 5.78. The number of carbonyl (C=O) groups is 4. The maximum Gasteiger partial charge on any atom is 0.326 e. The van der Waals surface area contributed by atoms with Crippen molar-refractivity contribution in [2.75, 3.05) is 30.6 Å². The summed E-state index contributed by atoms with van der Waals surface area (Å²) in [5, 5.41) is 26.8. The molecule has 0 saturated heterocycles. The molecule has 40 heavy (non-hydrogen) atoms. The largest absolute Gasteiger partial charge is 0.508 e. The van der Waals surface area contributed by atoms with E-state index >= 15 is 0 Å². The van der Waals surface area contributed by atoms with E-state index in [1.807, 2.05) is 12.5 Å². The Morgan fingerprint density at radius 2 is 1.35 bits per heavy atom. The number of aliphatic imine (C=N–C) groups is 1. The summed E-state index contributed by atoms with van der Waals surface area (Å²) >= 11 is 2.92. The summed E-state index contributed by atoms with van der Waals surface area (Å²) in [6.07, 6.45) is 4.83. The van der Waals surface area contributed by atoms with Gasteiger partial charge in [-0.05, 0) is 73.8 Å². The molecule has 0 spiro atoms. The number of benzene rings is 1. The number of nitrogens with zero attached hydrogens (tertiary/aromatic N) is 1. The number of aliphatic carboxylic acids is 1. The number of phenolic OH excluding ortho intramolecular Hbond substituents is 1. The van der Waals surface area contributed by atoms with Gasteiger partial charge in [0.1, 0.15) is 23.9 Å². The predicted octanol–water partition coefficient (Wildman–Crippen LogP) is -0.639. The van der Waals surface area contributed by atoms with E-state index in [1.54, 1.807) is 12.1 Å². The van der Waals surface area contributed by atoms with E-state index in [0.717, 1.165) is 5.56 Å². The number of carboxylic acids is 1. The van der Waals surface area contributed by atoms with Crippen LogP contribution in [0.1, 0.15) is 31.2 Å². The van der Waals surface area contributed by atoms with Gasteiger partial charge in [-0.25, -0.2) is 4.79 Å². The van der Waals surface area contributed by atoms with Crippen LogP contribution in [0.3, 0.4) is 0 Å². The minimum atomic E-state index is -1.16. The van der Waals surface area contributed by atoms with Crippen molar-refractivity contribution in [3.8, 4) is 5.75 Å². The highest BCUT2D eigenvalue weighted by atomic mass is 32.2. The molecule has 224 valence electrons. The van der Waals surface area contributed by atoms with Crippen molar-refractivity contribution in [2.24, 2.45) is 22.2 Å². The topological polar surface area (TPSA) is 235 Å². The summed E-state index contributed by atoms with van der Waals surface area (Å²) < 4.78 is 0. The van der Waals surface area contributed by atoms with Gasteiger partial charge in [0.2, 0.25) is 17.7 Å². The maximum atomic E-state index is 13.3. The summed E-state index contributed by atoms with van der Waals surface area (Å²) in [4.78, 5) is 54.7. The minimum absolute atomic E-state index is 0.0817. The number of aromatic hydroxyl groups is 1. The fourth-order valence-corrected chi connectivity index (χ4v) is 4.51. The number of hydrogen-bond donors (Lipinski definition) is 8. The number of rotatable bonds is 19. The van der Waals surface area contributed by atoms with E-state index in [-0.39, 0.29) is 43.9 Å². The molecule has 0 saturated carbocycles. The maximum absolute atomic E-state index is 13.3. The van der Waals surface area contributed by atoms with Crippen molar-refractivity contribution in [1.82, 2.24) is 16.0 Å². The monoisotopic (exact) mass is 599 g/mol. The van der Waals surface area contributed by atoms with E-state index in [2.05, 4.69) is 20.9 Å². The zero-order valence-electron chi connectivity index (χ0n) is 22.8. The first kappa shape index (κ1) is 34.9. The van der Waals surface area contributed by atoms with E-state index in [0.29, 0.717) is 17.9 Å². The van der Waals surface area contributed by atoms with Crippen molar-refractivity contribution in [3.63, 3.8) is 0 Å². The molecule has 11 N–H and O–H groups in total. The Kier molecular flexibility index (Phi) is 16.6. The molecule has 0 aliphatic heterocycles. The lowest BCUT2D eigenvalue weighted by molar-refractivity contribution is -0.142. The molecule has 0 aliphatic carbocycles. The summed E-state index contributed by atoms with van der Waals surface area (Å²) in [6, 6.07) is 2.09. The van der Waals surface area contributed by atoms with Gasteiger partial charge in [0.05, 0.1) is 6.04 Å². The molecule has 0 aromatic heterocycles. The van der Waals surface area contributed by atoms with Crippen molar-refractivity contribution in [3.05, 3.63) is 29.8 Å². The number of thioether (sulfide) groups is 2. The van der Waals surface area contributed by atoms with Gasteiger partial charge in [-0.15, -0.1) is 0 Å². The summed E-state index contributed by atoms with van der Waals surface area (Å²) in [5.74, 6) is -1.94. The molecule has 13 nitrogen and oxygen atoms in total. The zero-order valence-corrected chi connectivity index (χ0v) is 24.4. The molecule has 4 atom stereocenters. The molecule has 4 unspecified atom stereocenters. The van der Waals surface area contributed by atoms with Crippen molar-refractivity contribution < 1.29 is 29.4 Å². The fraction of sp³-hybridized carbons (Fsp3) is 0.560. The Morgan fingerprint density at radius 3 is 1.88 bits per heavy atom. The number of guanidine groups is 1. The molecule has 1 aromatic carbocycles. The molecular weight excluding hydrogens is 558 g/mol. The molecule has 1 aromatic rings. The lowest BCUT2D eigenvalue weighted by atomic mass is 10.0. The van der Waals surface area contributed by atoms with Crippen molar-refractivity contribution >= 4 is 53.2 Å². The Balaban J connectivity index is 3.01. The van der Waals surface area contributed by atoms with Gasteiger partial charge >= 0.3 is 5.97 Å². The van der Waals surface area contributed by atoms with Crippen LogP contribution >= 0.6 is 23.5 Å². The van der Waals surface area contributed by atoms with Crippen LogP contribution in [-0.2, 0) is 25.6 Å². The van der Waals surface area contributed by atoms with E-state index in [9.17, 15) is 29.4 Å². The molecule has 0 radical (unpaired) electrons. The molecule has 1 rings (SSSR count). The van der Waals surface area contributed by atoms with Crippen LogP contribution in [0.5, 0.6) is 5.75 Å². The second kappa shape index (κ2) is 19.0. The molecule has 0 aliphatic rings. The van der Waals surface area contributed by atoms with Crippen LogP contribution < -0.4 is 33.2 Å². The van der Waals surface area contributed by atoms with E-state index in [4.69, 9.17) is 17.2 Å². The summed E-state index contributed by atoms with van der Waals surface area (Å²) in [6.45, 7) is 0.216. The standard InChI is InChI=1S/C25H41N7O6S2/c1-39-12-9-19(23(36)32-20(24(37)38)10-13-40-2)31-22(35)18(4-3-11-29-25(27)28)30-21(34)17(26)14-15-5-7-16(33)8-6-15/h5-8,17-20,33H,3-4,9-14,26H2,1-2H3,(H,30,34)(H,31,35)(H,32,36)(H,37,38)(H4,27,28,29). The van der Waals surface area contributed by atoms with Crippen LogP contribution in [0.4, 0.5) is 0 Å². The number of nitrogens with one attached hydrogen (secondary N) is 3. The SMILES string of the molecule is CSCCC(NC(=O)C(CCSC)NC(=O)C(CCCN=C(N)N)NC(=O)C(N)Cc1ccc(O)cc1)C(=O)O. The number of amides is 3. The summed E-state index contributed by atoms with van der Waals surface area (Å²) in [7, 11) is 0. The molecule has 0 bridgehead atoms. The fourth-order valence-electron chi connectivity index (χ4n) is 3.57. The Morgan fingerprint density at radius 1 is 0.850 bits per heavy atom. The number of nitrogens with two attached hydrogens (primary N) is 3. The zero-order chi connectivity index (χ0) is 30.1. The van der Waals surface area contributed by atoms with Crippen LogP contribution in [0.2, 0.25) is 0 Å². The van der Waals surface area contributed by atoms with Crippen LogP contribution in [-0.4, -0.2) is 94.6 Å². The molecule has 15 heteroatoms. The Hall–Kier alpha value is -3.17. The number of hydrogen-bond acceptors (Lipinski definition) is 9. The third-order valence-corrected chi connectivity index (χ3v) is 7.06. The highest BCUT2D eigenvalue weighted by molar-refractivity contribution is 7.98. The first-order chi connectivity index (χ1) is 19.0. The van der Waals surface area contributed by atoms with Crippen molar-refractivity contribution in [2.45, 2.75) is 56.3 Å². The second-order valence-corrected chi connectivity index (χ2v) is 11.0. The first-order valence-electron chi connectivity index (χ1n) is 12.7. The van der Waals surface area contributed by atoms with Gasteiger partial charge in [0, 0.05) is 6.54 Å². The number of carbonyl (C=O) groups excluding carboxylic acids is 3. The highest BCUT2D eigenvalue weighted by Crippen LogP contribution is 2.12. The van der Waals surface area contributed by atoms with Gasteiger partial charge in [0.15, 0.2) is 5.96 Å². The Labute approximate surface area is 242 Å². The van der Waals surface area contributed by atoms with Crippen molar-refractivity contribution in [1.29, 1.82) is 0 Å². The minimum Gasteiger partial charge on any atom is -0.508 e. The van der Waals surface area contributed by atoms with Crippen LogP contribution in [0.15, 0.2) is 29.3 Å². The van der Waals surface area contributed by atoms with Gasteiger partial charge in [-0.2, -0.15) is 23.5 Å². The van der Waals surface area contributed by atoms with Crippen LogP contribution in [0, 0.1) is 0 Å². The molecule has 0 fully saturated rings. The second-order valence-electron chi connectivity index (χ2n) is 9.01. The van der Waals surface area contributed by atoms with E-state index < -0.39 is 47.9 Å². The predicted molar refractivity (Wildman–Crippen MR) is 159 cm³/mol. The van der Waals surface area contributed by atoms with Gasteiger partial charge in [-0.1, -0.05) is 12.1 Å². The molecular formula is C25H41N7O6S2. The quantitative estimate of drug-likeness (QED) is 0.0565. The average Bonchev–Trinajstić information content (AvgIpc) is 2.91. The molecule has 0 heterocycles.